The predicted octanol–water partition coefficient (Wildman–Crippen LogP) is 2.35. The number of hydrogen-bond donors (Lipinski definition) is 1. The van der Waals surface area contributed by atoms with Crippen LogP contribution in [0.5, 0.6) is 0 Å². The molecule has 5 heteroatoms. The zero-order valence-corrected chi connectivity index (χ0v) is 13.6. The van der Waals surface area contributed by atoms with Crippen molar-refractivity contribution in [3.63, 3.8) is 0 Å². The number of halogens is 1. The van der Waals surface area contributed by atoms with Gasteiger partial charge in [-0.05, 0) is 37.1 Å². The molecule has 1 aromatic carbocycles. The largest absolute Gasteiger partial charge is 0.370 e. The van der Waals surface area contributed by atoms with Gasteiger partial charge in [-0.1, -0.05) is 28.1 Å². The summed E-state index contributed by atoms with van der Waals surface area (Å²) in [7, 11) is 0. The van der Waals surface area contributed by atoms with Crippen molar-refractivity contribution in [3.05, 3.63) is 34.3 Å². The highest BCUT2D eigenvalue weighted by Crippen LogP contribution is 2.25. The summed E-state index contributed by atoms with van der Waals surface area (Å²) in [6, 6.07) is 8.16. The van der Waals surface area contributed by atoms with Gasteiger partial charge in [0.05, 0.1) is 19.1 Å². The SMILES string of the molecule is O=C(C1CCCNC1)N1CCOC(c2ccc(Br)cc2)C1. The molecule has 1 aromatic rings. The molecule has 0 spiro atoms. The van der Waals surface area contributed by atoms with E-state index in [2.05, 4.69) is 33.4 Å². The number of carbonyl (C=O) groups excluding carboxylic acids is 1. The molecule has 2 heterocycles. The third-order valence-corrected chi connectivity index (χ3v) is 4.79. The van der Waals surface area contributed by atoms with Gasteiger partial charge in [0.15, 0.2) is 0 Å². The summed E-state index contributed by atoms with van der Waals surface area (Å²) in [5.74, 6) is 0.426. The summed E-state index contributed by atoms with van der Waals surface area (Å²) in [6.45, 7) is 3.85. The zero-order valence-electron chi connectivity index (χ0n) is 12.1. The third-order valence-electron chi connectivity index (χ3n) is 4.27. The van der Waals surface area contributed by atoms with E-state index in [1.165, 1.54) is 0 Å². The fourth-order valence-electron chi connectivity index (χ4n) is 3.05. The molecular formula is C16H21BrN2O2. The van der Waals surface area contributed by atoms with E-state index in [0.29, 0.717) is 19.7 Å². The molecule has 0 radical (unpaired) electrons. The number of hydrogen-bond acceptors (Lipinski definition) is 3. The van der Waals surface area contributed by atoms with E-state index in [1.807, 2.05) is 17.0 Å². The molecule has 0 aromatic heterocycles. The Balaban J connectivity index is 1.64. The molecule has 2 saturated heterocycles. The number of amides is 1. The first kappa shape index (κ1) is 15.0. The number of rotatable bonds is 2. The van der Waals surface area contributed by atoms with Crippen molar-refractivity contribution in [1.29, 1.82) is 0 Å². The van der Waals surface area contributed by atoms with Crippen molar-refractivity contribution in [3.8, 4) is 0 Å². The lowest BCUT2D eigenvalue weighted by molar-refractivity contribution is -0.143. The first-order chi connectivity index (χ1) is 10.2. The second-order valence-electron chi connectivity index (χ2n) is 5.74. The maximum absolute atomic E-state index is 12.6. The third kappa shape index (κ3) is 3.65. The molecule has 2 aliphatic rings. The van der Waals surface area contributed by atoms with Gasteiger partial charge in [-0.2, -0.15) is 0 Å². The molecular weight excluding hydrogens is 332 g/mol. The number of morpholine rings is 1. The van der Waals surface area contributed by atoms with Crippen LogP contribution in [0.1, 0.15) is 24.5 Å². The van der Waals surface area contributed by atoms with Crippen LogP contribution in [0.25, 0.3) is 0 Å². The van der Waals surface area contributed by atoms with E-state index in [1.54, 1.807) is 0 Å². The summed E-state index contributed by atoms with van der Waals surface area (Å²) in [4.78, 5) is 14.6. The maximum atomic E-state index is 12.6. The zero-order chi connectivity index (χ0) is 14.7. The van der Waals surface area contributed by atoms with Crippen molar-refractivity contribution >= 4 is 21.8 Å². The van der Waals surface area contributed by atoms with Gasteiger partial charge in [0, 0.05) is 17.6 Å². The van der Waals surface area contributed by atoms with E-state index in [-0.39, 0.29) is 17.9 Å². The number of ether oxygens (including phenoxy) is 1. The Morgan fingerprint density at radius 2 is 2.14 bits per heavy atom. The minimum absolute atomic E-state index is 0.00708. The van der Waals surface area contributed by atoms with E-state index >= 15 is 0 Å². The molecule has 0 bridgehead atoms. The van der Waals surface area contributed by atoms with Crippen LogP contribution in [0.15, 0.2) is 28.7 Å². The molecule has 4 nitrogen and oxygen atoms in total. The van der Waals surface area contributed by atoms with Crippen molar-refractivity contribution in [1.82, 2.24) is 10.2 Å². The summed E-state index contributed by atoms with van der Waals surface area (Å²) < 4.78 is 6.91. The normalized spacial score (nSPS) is 26.6. The van der Waals surface area contributed by atoms with Gasteiger partial charge in [-0.25, -0.2) is 0 Å². The Labute approximate surface area is 134 Å². The van der Waals surface area contributed by atoms with Gasteiger partial charge >= 0.3 is 0 Å². The van der Waals surface area contributed by atoms with Gasteiger partial charge in [0.1, 0.15) is 6.10 Å². The van der Waals surface area contributed by atoms with Crippen LogP contribution in [0, 0.1) is 5.92 Å². The van der Waals surface area contributed by atoms with Gasteiger partial charge in [-0.15, -0.1) is 0 Å². The van der Waals surface area contributed by atoms with Crippen LogP contribution in [-0.4, -0.2) is 43.6 Å². The van der Waals surface area contributed by atoms with Crippen LogP contribution < -0.4 is 5.32 Å². The molecule has 2 aliphatic heterocycles. The Morgan fingerprint density at radius 3 is 2.86 bits per heavy atom. The summed E-state index contributed by atoms with van der Waals surface area (Å²) in [5, 5.41) is 3.32. The predicted molar refractivity (Wildman–Crippen MR) is 85.0 cm³/mol. The molecule has 0 saturated carbocycles. The van der Waals surface area contributed by atoms with Crippen LogP contribution in [-0.2, 0) is 9.53 Å². The highest BCUT2D eigenvalue weighted by Gasteiger charge is 2.30. The lowest BCUT2D eigenvalue weighted by Crippen LogP contribution is -2.48. The average Bonchev–Trinajstić information content (AvgIpc) is 2.56. The van der Waals surface area contributed by atoms with Crippen molar-refractivity contribution < 1.29 is 9.53 Å². The lowest BCUT2D eigenvalue weighted by Gasteiger charge is -2.36. The van der Waals surface area contributed by atoms with Gasteiger partial charge < -0.3 is 15.0 Å². The first-order valence-electron chi connectivity index (χ1n) is 7.60. The van der Waals surface area contributed by atoms with Crippen molar-refractivity contribution in [2.75, 3.05) is 32.8 Å². The minimum atomic E-state index is -0.00708. The minimum Gasteiger partial charge on any atom is -0.370 e. The monoisotopic (exact) mass is 352 g/mol. The second kappa shape index (κ2) is 6.90. The molecule has 1 N–H and O–H groups in total. The highest BCUT2D eigenvalue weighted by atomic mass is 79.9. The smallest absolute Gasteiger partial charge is 0.227 e. The standard InChI is InChI=1S/C16H21BrN2O2/c17-14-5-3-12(4-6-14)15-11-19(8-9-21-15)16(20)13-2-1-7-18-10-13/h3-6,13,15,18H,1-2,7-11H2. The Bertz CT molecular complexity index is 486. The van der Waals surface area contributed by atoms with Crippen molar-refractivity contribution in [2.45, 2.75) is 18.9 Å². The van der Waals surface area contributed by atoms with Crippen molar-refractivity contribution in [2.24, 2.45) is 5.92 Å². The number of nitrogens with one attached hydrogen (secondary N) is 1. The molecule has 2 unspecified atom stereocenters. The number of piperidine rings is 1. The van der Waals surface area contributed by atoms with E-state index in [0.717, 1.165) is 36.0 Å². The highest BCUT2D eigenvalue weighted by molar-refractivity contribution is 9.10. The molecule has 21 heavy (non-hydrogen) atoms. The summed E-state index contributed by atoms with van der Waals surface area (Å²) in [6.07, 6.45) is 2.09. The second-order valence-corrected chi connectivity index (χ2v) is 6.65. The molecule has 3 rings (SSSR count). The lowest BCUT2D eigenvalue weighted by atomic mass is 9.97. The molecule has 114 valence electrons. The molecule has 2 atom stereocenters. The van der Waals surface area contributed by atoms with E-state index in [4.69, 9.17) is 4.74 Å². The quantitative estimate of drug-likeness (QED) is 0.888. The summed E-state index contributed by atoms with van der Waals surface area (Å²) in [5.41, 5.74) is 1.14. The fraction of sp³-hybridized carbons (Fsp3) is 0.562. The van der Waals surface area contributed by atoms with Gasteiger partial charge in [-0.3, -0.25) is 4.79 Å². The molecule has 0 aliphatic carbocycles. The Morgan fingerprint density at radius 1 is 1.33 bits per heavy atom. The van der Waals surface area contributed by atoms with Crippen LogP contribution in [0.3, 0.4) is 0 Å². The Kier molecular flexibility index (Phi) is 4.93. The number of carbonyl (C=O) groups is 1. The molecule has 1 amide bonds. The average molecular weight is 353 g/mol. The first-order valence-corrected chi connectivity index (χ1v) is 8.40. The van der Waals surface area contributed by atoms with E-state index in [9.17, 15) is 4.79 Å². The maximum Gasteiger partial charge on any atom is 0.227 e. The van der Waals surface area contributed by atoms with Crippen LogP contribution in [0.2, 0.25) is 0 Å². The Hall–Kier alpha value is -0.910. The number of nitrogens with zero attached hydrogens (tertiary/aromatic N) is 1. The number of benzene rings is 1. The topological polar surface area (TPSA) is 41.6 Å². The van der Waals surface area contributed by atoms with E-state index < -0.39 is 0 Å². The van der Waals surface area contributed by atoms with Gasteiger partial charge in [0.2, 0.25) is 5.91 Å². The molecule has 2 fully saturated rings. The fourth-order valence-corrected chi connectivity index (χ4v) is 3.31. The summed E-state index contributed by atoms with van der Waals surface area (Å²) >= 11 is 3.44. The van der Waals surface area contributed by atoms with Crippen LogP contribution in [0.4, 0.5) is 0 Å². The van der Waals surface area contributed by atoms with Crippen LogP contribution >= 0.6 is 15.9 Å². The van der Waals surface area contributed by atoms with Gasteiger partial charge in [0.25, 0.3) is 0 Å².